The van der Waals surface area contributed by atoms with Crippen molar-refractivity contribution in [2.45, 2.75) is 20.3 Å². The molecule has 0 atom stereocenters. The van der Waals surface area contributed by atoms with Crippen LogP contribution >= 0.6 is 0 Å². The van der Waals surface area contributed by atoms with Crippen LogP contribution in [0.4, 0.5) is 9.41 Å². The quantitative estimate of drug-likeness (QED) is 0.854. The van der Waals surface area contributed by atoms with Crippen molar-refractivity contribution in [2.24, 2.45) is 5.73 Å². The first-order valence-corrected chi connectivity index (χ1v) is 8.22. The second-order valence-electron chi connectivity index (χ2n) is 6.19. The highest BCUT2D eigenvalue weighted by atomic mass is 19.0. The maximum atomic E-state index is 5.86. The van der Waals surface area contributed by atoms with Crippen molar-refractivity contribution in [3.8, 4) is 0 Å². The molecule has 2 aromatic rings. The Bertz CT molecular complexity index is 935. The first-order chi connectivity index (χ1) is 11.7. The number of nitrogens with two attached hydrogens (primary N) is 1. The fraction of sp³-hybridized carbons (Fsp3) is 0.211. The van der Waals surface area contributed by atoms with Gasteiger partial charge in [-0.3, -0.25) is 13.9 Å². The predicted octanol–water partition coefficient (Wildman–Crippen LogP) is 3.28. The van der Waals surface area contributed by atoms with Crippen molar-refractivity contribution in [1.82, 2.24) is 4.48 Å². The molecule has 2 aromatic heterocycles. The first kappa shape index (κ1) is 19.7. The lowest BCUT2D eigenvalue weighted by Crippen LogP contribution is -2.30. The molecule has 135 valence electrons. The molecule has 0 amide bonds. The van der Waals surface area contributed by atoms with Crippen LogP contribution in [-0.4, -0.2) is 29.3 Å². The molecule has 0 saturated carbocycles. The van der Waals surface area contributed by atoms with E-state index in [0.29, 0.717) is 6.54 Å². The van der Waals surface area contributed by atoms with Crippen LogP contribution in [0.15, 0.2) is 40.5 Å². The van der Waals surface area contributed by atoms with E-state index in [1.807, 2.05) is 25.1 Å². The highest BCUT2D eigenvalue weighted by Crippen LogP contribution is 2.33. The molecule has 0 unspecified atom stereocenters. The number of aryl methyl sites for hydroxylation is 2. The molecule has 2 aliphatic rings. The van der Waals surface area contributed by atoms with E-state index >= 15 is 0 Å². The number of furan rings is 1. The summed E-state index contributed by atoms with van der Waals surface area (Å²) in [6.07, 6.45) is 11.3. The summed E-state index contributed by atoms with van der Waals surface area (Å²) in [4.78, 5) is 0. The lowest BCUT2D eigenvalue weighted by atomic mass is 9.94. The fourth-order valence-electron chi connectivity index (χ4n) is 3.41. The highest BCUT2D eigenvalue weighted by molar-refractivity contribution is 6.28. The largest absolute Gasteiger partial charge is 0.699 e. The van der Waals surface area contributed by atoms with E-state index in [2.05, 4.69) is 53.9 Å². The van der Waals surface area contributed by atoms with E-state index < -0.39 is 0 Å². The first-order valence-electron chi connectivity index (χ1n) is 8.22. The Morgan fingerprint density at radius 1 is 1.23 bits per heavy atom. The summed E-state index contributed by atoms with van der Waals surface area (Å²) in [6, 6.07) is 6.17. The molecule has 0 aliphatic carbocycles. The van der Waals surface area contributed by atoms with Crippen LogP contribution in [0, 0.1) is 13.8 Å². The molecule has 4 heterocycles. The molecular weight excluding hydrogens is 335 g/mol. The SMILES string of the molecule is Cc1ccc(/C=C/c2cc(C)c3n2[B][N+]2=CC=CC2=C3CCN)o1.F.F. The number of rotatable bonds is 4. The molecule has 2 aliphatic heterocycles. The zero-order valence-corrected chi connectivity index (χ0v) is 14.8. The molecule has 0 spiro atoms. The summed E-state index contributed by atoms with van der Waals surface area (Å²) >= 11 is 0. The van der Waals surface area contributed by atoms with Gasteiger partial charge in [0, 0.05) is 29.1 Å². The molecule has 0 aromatic carbocycles. The Labute approximate surface area is 152 Å². The van der Waals surface area contributed by atoms with Gasteiger partial charge in [-0.15, -0.1) is 0 Å². The maximum absolute atomic E-state index is 5.86. The fourth-order valence-corrected chi connectivity index (χ4v) is 3.41. The van der Waals surface area contributed by atoms with E-state index in [1.54, 1.807) is 0 Å². The smallest absolute Gasteiger partial charge is 0.462 e. The van der Waals surface area contributed by atoms with Gasteiger partial charge in [0.2, 0.25) is 0 Å². The van der Waals surface area contributed by atoms with E-state index in [0.717, 1.165) is 23.6 Å². The van der Waals surface area contributed by atoms with E-state index in [4.69, 9.17) is 10.2 Å². The number of fused-ring (bicyclic) bond motifs is 2. The molecule has 2 N–H and O–H groups in total. The van der Waals surface area contributed by atoms with Gasteiger partial charge in [-0.25, -0.2) is 0 Å². The van der Waals surface area contributed by atoms with Crippen LogP contribution in [-0.2, 0) is 0 Å². The van der Waals surface area contributed by atoms with Gasteiger partial charge in [-0.05, 0) is 62.7 Å². The van der Waals surface area contributed by atoms with Crippen molar-refractivity contribution >= 4 is 31.5 Å². The lowest BCUT2D eigenvalue weighted by Gasteiger charge is -2.18. The minimum atomic E-state index is 0. The summed E-state index contributed by atoms with van der Waals surface area (Å²) in [6.45, 7) is 4.75. The average Bonchev–Trinajstić information content (AvgIpc) is 3.25. The highest BCUT2D eigenvalue weighted by Gasteiger charge is 2.34. The molecule has 0 bridgehead atoms. The number of allylic oxidation sites excluding steroid dienone is 2. The second kappa shape index (κ2) is 7.70. The summed E-state index contributed by atoms with van der Waals surface area (Å²) in [7, 11) is 2.13. The third kappa shape index (κ3) is 3.22. The number of nitrogens with zero attached hydrogens (tertiary/aromatic N) is 2. The third-order valence-corrected chi connectivity index (χ3v) is 4.44. The van der Waals surface area contributed by atoms with Gasteiger partial charge in [0.25, 0.3) is 0 Å². The molecule has 7 heteroatoms. The molecule has 4 rings (SSSR count). The van der Waals surface area contributed by atoms with Crippen molar-refractivity contribution in [2.75, 3.05) is 6.54 Å². The van der Waals surface area contributed by atoms with Crippen LogP contribution in [0.5, 0.6) is 0 Å². The van der Waals surface area contributed by atoms with E-state index in [1.165, 1.54) is 22.5 Å². The van der Waals surface area contributed by atoms with Crippen LogP contribution in [0.1, 0.15) is 34.9 Å². The summed E-state index contributed by atoms with van der Waals surface area (Å²) in [5.74, 6) is 1.79. The van der Waals surface area contributed by atoms with Crippen LogP contribution in [0.3, 0.4) is 0 Å². The van der Waals surface area contributed by atoms with Gasteiger partial charge in [0.1, 0.15) is 17.7 Å². The van der Waals surface area contributed by atoms with Crippen molar-refractivity contribution in [1.29, 1.82) is 0 Å². The maximum Gasteiger partial charge on any atom is 0.699 e. The Balaban J connectivity index is 0.00000121. The van der Waals surface area contributed by atoms with Gasteiger partial charge < -0.3 is 14.6 Å². The van der Waals surface area contributed by atoms with Gasteiger partial charge in [0.15, 0.2) is 5.70 Å². The Hall–Kier alpha value is -2.67. The summed E-state index contributed by atoms with van der Waals surface area (Å²) in [5.41, 5.74) is 12.0. The van der Waals surface area contributed by atoms with Gasteiger partial charge in [-0.1, -0.05) is 0 Å². The minimum Gasteiger partial charge on any atom is -0.462 e. The molecule has 0 fully saturated rings. The predicted molar refractivity (Wildman–Crippen MR) is 104 cm³/mol. The lowest BCUT2D eigenvalue weighted by molar-refractivity contribution is -0.307. The van der Waals surface area contributed by atoms with Gasteiger partial charge in [-0.2, -0.15) is 0 Å². The Morgan fingerprint density at radius 2 is 2.04 bits per heavy atom. The Kier molecular flexibility index (Phi) is 5.82. The number of aromatic nitrogens is 1. The van der Waals surface area contributed by atoms with Gasteiger partial charge in [0.05, 0.1) is 0 Å². The van der Waals surface area contributed by atoms with E-state index in [-0.39, 0.29) is 9.41 Å². The number of hydrogen-bond acceptors (Lipinski definition) is 2. The summed E-state index contributed by atoms with van der Waals surface area (Å²) in [5, 5.41) is 0. The van der Waals surface area contributed by atoms with Crippen LogP contribution in [0.2, 0.25) is 0 Å². The van der Waals surface area contributed by atoms with E-state index in [9.17, 15) is 0 Å². The molecule has 26 heavy (non-hydrogen) atoms. The molecular formula is C19H22BF2N3O+. The second-order valence-corrected chi connectivity index (χ2v) is 6.19. The normalized spacial score (nSPS) is 14.5. The zero-order chi connectivity index (χ0) is 16.7. The monoisotopic (exact) mass is 357 g/mol. The summed E-state index contributed by atoms with van der Waals surface area (Å²) < 4.78 is 10.0. The van der Waals surface area contributed by atoms with Crippen molar-refractivity contribution < 1.29 is 18.3 Å². The molecule has 4 nitrogen and oxygen atoms in total. The molecule has 1 radical (unpaired) electrons. The van der Waals surface area contributed by atoms with Crippen molar-refractivity contribution in [3.05, 3.63) is 64.5 Å². The topological polar surface area (TPSA) is 47.1 Å². The molecule has 0 saturated heterocycles. The number of halogens is 2. The zero-order valence-electron chi connectivity index (χ0n) is 14.8. The number of hydrogen-bond donors (Lipinski definition) is 1. The standard InChI is InChI=1S/C19H20BN3O.2FH/c1-13-12-15(6-8-16-7-5-14(2)24-16)23-19(13)17(9-10-21)18-4-3-11-22(18)20-23;;/h3-8,11-12H,9-10,21H2,1-2H3;2*1H/q+1;;/b8-6+;;. The minimum absolute atomic E-state index is 0. The van der Waals surface area contributed by atoms with Gasteiger partial charge >= 0.3 is 7.55 Å². The van der Waals surface area contributed by atoms with Crippen LogP contribution < -0.4 is 5.73 Å². The third-order valence-electron chi connectivity index (χ3n) is 4.44. The van der Waals surface area contributed by atoms with Crippen LogP contribution in [0.25, 0.3) is 17.7 Å². The Morgan fingerprint density at radius 3 is 2.73 bits per heavy atom. The van der Waals surface area contributed by atoms with Crippen molar-refractivity contribution in [3.63, 3.8) is 0 Å². The average molecular weight is 357 g/mol.